The van der Waals surface area contributed by atoms with Gasteiger partial charge in [-0.2, -0.15) is 0 Å². The van der Waals surface area contributed by atoms with Crippen LogP contribution in [0.3, 0.4) is 0 Å². The average molecular weight is 277 g/mol. The third-order valence-corrected chi connectivity index (χ3v) is 3.03. The maximum absolute atomic E-state index is 12.3. The van der Waals surface area contributed by atoms with Gasteiger partial charge in [0.15, 0.2) is 0 Å². The Hall–Kier alpha value is -1.88. The van der Waals surface area contributed by atoms with Crippen LogP contribution in [0.25, 0.3) is 0 Å². The van der Waals surface area contributed by atoms with E-state index >= 15 is 0 Å². The minimum absolute atomic E-state index is 0.0612. The molecule has 0 unspecified atom stereocenters. The molecule has 0 spiro atoms. The summed E-state index contributed by atoms with van der Waals surface area (Å²) in [4.78, 5) is 25.3. The van der Waals surface area contributed by atoms with Gasteiger partial charge in [-0.15, -0.1) is 0 Å². The Morgan fingerprint density at radius 1 is 1.30 bits per heavy atom. The highest BCUT2D eigenvalue weighted by Gasteiger charge is 2.22. The molecule has 5 heteroatoms. The van der Waals surface area contributed by atoms with Gasteiger partial charge < -0.3 is 16.0 Å². The molecule has 0 heterocycles. The minimum atomic E-state index is -0.617. The van der Waals surface area contributed by atoms with E-state index in [9.17, 15) is 9.59 Å². The number of carbonyl (C=O) groups is 2. The largest absolute Gasteiger partial charge is 0.358 e. The van der Waals surface area contributed by atoms with Crippen LogP contribution >= 0.6 is 0 Å². The molecule has 0 bridgehead atoms. The molecule has 3 N–H and O–H groups in total. The number of rotatable bonds is 7. The minimum Gasteiger partial charge on any atom is -0.358 e. The van der Waals surface area contributed by atoms with Gasteiger partial charge in [-0.05, 0) is 18.4 Å². The Morgan fingerprint density at radius 2 is 1.95 bits per heavy atom. The van der Waals surface area contributed by atoms with Gasteiger partial charge in [0.05, 0.1) is 12.6 Å². The monoisotopic (exact) mass is 277 g/mol. The number of carbonyl (C=O) groups excluding carboxylic acids is 2. The van der Waals surface area contributed by atoms with Crippen LogP contribution < -0.4 is 11.1 Å². The molecule has 2 amide bonds. The number of nitrogens with one attached hydrogen (secondary N) is 1. The van der Waals surface area contributed by atoms with E-state index < -0.39 is 6.04 Å². The van der Waals surface area contributed by atoms with E-state index in [0.29, 0.717) is 13.0 Å². The van der Waals surface area contributed by atoms with Crippen LogP contribution in [0.15, 0.2) is 30.3 Å². The van der Waals surface area contributed by atoms with Crippen LogP contribution in [-0.2, 0) is 16.0 Å². The number of amides is 2. The van der Waals surface area contributed by atoms with E-state index in [4.69, 9.17) is 5.73 Å². The summed E-state index contributed by atoms with van der Waals surface area (Å²) in [7, 11) is 1.56. The van der Waals surface area contributed by atoms with E-state index in [2.05, 4.69) is 5.32 Å². The van der Waals surface area contributed by atoms with Crippen molar-refractivity contribution in [3.05, 3.63) is 35.9 Å². The number of hydrogen-bond donors (Lipinski definition) is 2. The van der Waals surface area contributed by atoms with Gasteiger partial charge in [0.25, 0.3) is 0 Å². The normalized spacial score (nSPS) is 11.8. The standard InChI is InChI=1S/C15H23N3O2/c1-3-9-18(11-14(19)17-2)15(20)13(16)10-12-7-5-4-6-8-12/h4-8,13H,3,9-11,16H2,1-2H3,(H,17,19)/t13-/m1/s1. The first-order chi connectivity index (χ1) is 9.58. The van der Waals surface area contributed by atoms with Crippen molar-refractivity contribution in [3.63, 3.8) is 0 Å². The highest BCUT2D eigenvalue weighted by Crippen LogP contribution is 2.05. The molecule has 1 aromatic rings. The molecule has 1 aromatic carbocycles. The lowest BCUT2D eigenvalue weighted by atomic mass is 10.1. The van der Waals surface area contributed by atoms with Gasteiger partial charge in [0.2, 0.25) is 11.8 Å². The highest BCUT2D eigenvalue weighted by molar-refractivity contribution is 5.87. The molecule has 0 saturated carbocycles. The van der Waals surface area contributed by atoms with Crippen molar-refractivity contribution in [2.45, 2.75) is 25.8 Å². The smallest absolute Gasteiger partial charge is 0.240 e. The fourth-order valence-corrected chi connectivity index (χ4v) is 1.98. The Morgan fingerprint density at radius 3 is 2.50 bits per heavy atom. The molecule has 1 rings (SSSR count). The zero-order chi connectivity index (χ0) is 15.0. The lowest BCUT2D eigenvalue weighted by Gasteiger charge is -2.24. The predicted octanol–water partition coefficient (Wildman–Crippen LogP) is 0.541. The molecule has 0 aliphatic heterocycles. The molecule has 20 heavy (non-hydrogen) atoms. The molecular weight excluding hydrogens is 254 g/mol. The second kappa shape index (κ2) is 8.32. The van der Waals surface area contributed by atoms with Crippen molar-refractivity contribution in [1.29, 1.82) is 0 Å². The summed E-state index contributed by atoms with van der Waals surface area (Å²) in [5, 5.41) is 2.52. The fraction of sp³-hybridized carbons (Fsp3) is 0.467. The molecular formula is C15H23N3O2. The quantitative estimate of drug-likeness (QED) is 0.764. The van der Waals surface area contributed by atoms with Gasteiger partial charge in [-0.25, -0.2) is 0 Å². The third kappa shape index (κ3) is 5.01. The topological polar surface area (TPSA) is 75.4 Å². The molecule has 5 nitrogen and oxygen atoms in total. The van der Waals surface area contributed by atoms with Gasteiger partial charge in [-0.3, -0.25) is 9.59 Å². The summed E-state index contributed by atoms with van der Waals surface area (Å²) >= 11 is 0. The zero-order valence-corrected chi connectivity index (χ0v) is 12.1. The van der Waals surface area contributed by atoms with Crippen molar-refractivity contribution >= 4 is 11.8 Å². The molecule has 0 aromatic heterocycles. The van der Waals surface area contributed by atoms with Crippen molar-refractivity contribution in [1.82, 2.24) is 10.2 Å². The number of nitrogens with two attached hydrogens (primary N) is 1. The summed E-state index contributed by atoms with van der Waals surface area (Å²) < 4.78 is 0. The van der Waals surface area contributed by atoms with E-state index in [1.54, 1.807) is 7.05 Å². The van der Waals surface area contributed by atoms with Crippen molar-refractivity contribution < 1.29 is 9.59 Å². The third-order valence-electron chi connectivity index (χ3n) is 3.03. The van der Waals surface area contributed by atoms with Crippen LogP contribution in [-0.4, -0.2) is 42.9 Å². The van der Waals surface area contributed by atoms with E-state index in [-0.39, 0.29) is 18.4 Å². The summed E-state index contributed by atoms with van der Waals surface area (Å²) in [6, 6.07) is 9.02. The average Bonchev–Trinajstić information content (AvgIpc) is 2.46. The van der Waals surface area contributed by atoms with Crippen LogP contribution in [0.1, 0.15) is 18.9 Å². The molecule has 110 valence electrons. The summed E-state index contributed by atoms with van der Waals surface area (Å²) in [6.45, 7) is 2.56. The summed E-state index contributed by atoms with van der Waals surface area (Å²) in [6.07, 6.45) is 1.27. The Kier molecular flexibility index (Phi) is 6.73. The lowest BCUT2D eigenvalue weighted by molar-refractivity contribution is -0.137. The van der Waals surface area contributed by atoms with Crippen LogP contribution in [0.5, 0.6) is 0 Å². The first-order valence-corrected chi connectivity index (χ1v) is 6.87. The maximum atomic E-state index is 12.3. The summed E-state index contributed by atoms with van der Waals surface area (Å²) in [5.41, 5.74) is 6.99. The number of benzene rings is 1. The second-order valence-electron chi connectivity index (χ2n) is 4.73. The maximum Gasteiger partial charge on any atom is 0.240 e. The van der Waals surface area contributed by atoms with Crippen LogP contribution in [0.2, 0.25) is 0 Å². The zero-order valence-electron chi connectivity index (χ0n) is 12.1. The lowest BCUT2D eigenvalue weighted by Crippen LogP contribution is -2.48. The van der Waals surface area contributed by atoms with Crippen molar-refractivity contribution in [2.75, 3.05) is 20.1 Å². The Balaban J connectivity index is 2.65. The summed E-state index contributed by atoms with van der Waals surface area (Å²) in [5.74, 6) is -0.363. The molecule has 0 fully saturated rings. The Bertz CT molecular complexity index is 434. The van der Waals surface area contributed by atoms with E-state index in [1.807, 2.05) is 37.3 Å². The predicted molar refractivity (Wildman–Crippen MR) is 79.1 cm³/mol. The molecule has 0 aliphatic rings. The Labute approximate surface area is 120 Å². The van der Waals surface area contributed by atoms with Crippen LogP contribution in [0, 0.1) is 0 Å². The van der Waals surface area contributed by atoms with E-state index in [1.165, 1.54) is 4.90 Å². The first kappa shape index (κ1) is 16.2. The van der Waals surface area contributed by atoms with Crippen molar-refractivity contribution in [3.8, 4) is 0 Å². The molecule has 0 radical (unpaired) electrons. The second-order valence-corrected chi connectivity index (χ2v) is 4.73. The SMILES string of the molecule is CCCN(CC(=O)NC)C(=O)[C@H](N)Cc1ccccc1. The van der Waals surface area contributed by atoms with Gasteiger partial charge in [-0.1, -0.05) is 37.3 Å². The molecule has 0 saturated heterocycles. The van der Waals surface area contributed by atoms with Gasteiger partial charge >= 0.3 is 0 Å². The number of hydrogen-bond acceptors (Lipinski definition) is 3. The number of nitrogens with zero attached hydrogens (tertiary/aromatic N) is 1. The van der Waals surface area contributed by atoms with Crippen molar-refractivity contribution in [2.24, 2.45) is 5.73 Å². The fourth-order valence-electron chi connectivity index (χ4n) is 1.98. The first-order valence-electron chi connectivity index (χ1n) is 6.87. The van der Waals surface area contributed by atoms with E-state index in [0.717, 1.165) is 12.0 Å². The van der Waals surface area contributed by atoms with Gasteiger partial charge in [0, 0.05) is 13.6 Å². The molecule has 0 aliphatic carbocycles. The van der Waals surface area contributed by atoms with Crippen LogP contribution in [0.4, 0.5) is 0 Å². The highest BCUT2D eigenvalue weighted by atomic mass is 16.2. The molecule has 1 atom stereocenters. The van der Waals surface area contributed by atoms with Gasteiger partial charge in [0.1, 0.15) is 0 Å². The number of likely N-dealkylation sites (N-methyl/N-ethyl adjacent to an activating group) is 1.